The van der Waals surface area contributed by atoms with Crippen molar-refractivity contribution in [3.63, 3.8) is 0 Å². The van der Waals surface area contributed by atoms with Gasteiger partial charge in [-0.25, -0.2) is 0 Å². The molecule has 0 bridgehead atoms. The smallest absolute Gasteiger partial charge is 0.0624 e. The quantitative estimate of drug-likeness (QED) is 0.859. The first kappa shape index (κ1) is 12.0. The van der Waals surface area contributed by atoms with Crippen LogP contribution in [0.3, 0.4) is 0 Å². The Labute approximate surface area is 117 Å². The molecule has 0 saturated heterocycles. The minimum Gasteiger partial charge on any atom is -0.306 e. The molecule has 0 aliphatic carbocycles. The Bertz CT molecular complexity index is 580. The lowest BCUT2D eigenvalue weighted by Crippen LogP contribution is -2.14. The van der Waals surface area contributed by atoms with E-state index in [9.17, 15) is 0 Å². The molecule has 0 saturated carbocycles. The maximum Gasteiger partial charge on any atom is 0.0624 e. The van der Waals surface area contributed by atoms with Gasteiger partial charge in [0.05, 0.1) is 10.0 Å². The normalized spacial score (nSPS) is 17.8. The number of halogens is 2. The number of nitrogens with one attached hydrogen (secondary N) is 1. The third-order valence-corrected chi connectivity index (χ3v) is 4.28. The van der Waals surface area contributed by atoms with Gasteiger partial charge in [-0.05, 0) is 29.2 Å². The van der Waals surface area contributed by atoms with E-state index in [1.165, 1.54) is 11.1 Å². The maximum atomic E-state index is 6.24. The van der Waals surface area contributed by atoms with Crippen LogP contribution in [0.1, 0.15) is 22.7 Å². The zero-order chi connectivity index (χ0) is 12.5. The molecule has 2 aromatic carbocycles. The number of hydrogen-bond acceptors (Lipinski definition) is 1. The van der Waals surface area contributed by atoms with E-state index >= 15 is 0 Å². The number of benzene rings is 2. The molecule has 18 heavy (non-hydrogen) atoms. The van der Waals surface area contributed by atoms with Crippen LogP contribution < -0.4 is 5.32 Å². The zero-order valence-electron chi connectivity index (χ0n) is 9.79. The summed E-state index contributed by atoms with van der Waals surface area (Å²) in [6, 6.07) is 14.6. The Hall–Kier alpha value is -1.02. The monoisotopic (exact) mass is 277 g/mol. The van der Waals surface area contributed by atoms with Crippen LogP contribution >= 0.6 is 23.2 Å². The summed E-state index contributed by atoms with van der Waals surface area (Å²) in [7, 11) is 0. The fourth-order valence-corrected chi connectivity index (χ4v) is 2.88. The van der Waals surface area contributed by atoms with Gasteiger partial charge in [0.15, 0.2) is 0 Å². The number of hydrogen-bond donors (Lipinski definition) is 1. The predicted octanol–water partition coefficient (Wildman–Crippen LogP) is 4.38. The second-order valence-corrected chi connectivity index (χ2v) is 5.33. The predicted molar refractivity (Wildman–Crippen MR) is 76.2 cm³/mol. The van der Waals surface area contributed by atoms with Crippen LogP contribution in [0.5, 0.6) is 0 Å². The van der Waals surface area contributed by atoms with Gasteiger partial charge in [0, 0.05) is 12.6 Å². The van der Waals surface area contributed by atoms with Gasteiger partial charge in [-0.2, -0.15) is 0 Å². The van der Waals surface area contributed by atoms with E-state index in [1.807, 2.05) is 18.2 Å². The molecular formula is C15H13Cl2N. The molecule has 0 spiro atoms. The van der Waals surface area contributed by atoms with E-state index in [0.29, 0.717) is 16.1 Å². The van der Waals surface area contributed by atoms with Crippen molar-refractivity contribution in [2.45, 2.75) is 19.0 Å². The molecule has 1 heterocycles. The van der Waals surface area contributed by atoms with Gasteiger partial charge in [-0.3, -0.25) is 0 Å². The molecule has 0 amide bonds. The van der Waals surface area contributed by atoms with Crippen molar-refractivity contribution in [3.05, 3.63) is 69.2 Å². The van der Waals surface area contributed by atoms with Gasteiger partial charge in [0.1, 0.15) is 0 Å². The van der Waals surface area contributed by atoms with Crippen LogP contribution in [-0.2, 0) is 13.0 Å². The minimum atomic E-state index is 0.331. The molecule has 92 valence electrons. The Morgan fingerprint density at radius 2 is 1.89 bits per heavy atom. The van der Waals surface area contributed by atoms with E-state index in [-0.39, 0.29) is 0 Å². The van der Waals surface area contributed by atoms with Gasteiger partial charge in [-0.1, -0.05) is 59.6 Å². The molecule has 0 radical (unpaired) electrons. The SMILES string of the molecule is Clc1cccc(CC2NCc3ccccc32)c1Cl. The lowest BCUT2D eigenvalue weighted by atomic mass is 9.99. The maximum absolute atomic E-state index is 6.24. The van der Waals surface area contributed by atoms with Gasteiger partial charge in [0.2, 0.25) is 0 Å². The van der Waals surface area contributed by atoms with E-state index < -0.39 is 0 Å². The topological polar surface area (TPSA) is 12.0 Å². The lowest BCUT2D eigenvalue weighted by Gasteiger charge is -2.13. The summed E-state index contributed by atoms with van der Waals surface area (Å²) in [4.78, 5) is 0. The van der Waals surface area contributed by atoms with Gasteiger partial charge in [0.25, 0.3) is 0 Å². The fraction of sp³-hybridized carbons (Fsp3) is 0.200. The van der Waals surface area contributed by atoms with Crippen molar-refractivity contribution in [1.82, 2.24) is 5.32 Å². The Morgan fingerprint density at radius 1 is 1.06 bits per heavy atom. The molecule has 0 fully saturated rings. The van der Waals surface area contributed by atoms with Crippen molar-refractivity contribution >= 4 is 23.2 Å². The third kappa shape index (κ3) is 2.14. The van der Waals surface area contributed by atoms with E-state index in [2.05, 4.69) is 29.6 Å². The Kier molecular flexibility index (Phi) is 3.29. The molecule has 1 nitrogen and oxygen atoms in total. The first-order valence-electron chi connectivity index (χ1n) is 6.00. The Morgan fingerprint density at radius 3 is 2.78 bits per heavy atom. The number of rotatable bonds is 2. The summed E-state index contributed by atoms with van der Waals surface area (Å²) in [5, 5.41) is 4.81. The summed E-state index contributed by atoms with van der Waals surface area (Å²) >= 11 is 12.3. The second kappa shape index (κ2) is 4.93. The molecule has 1 aliphatic rings. The summed E-state index contributed by atoms with van der Waals surface area (Å²) in [6.07, 6.45) is 0.871. The standard InChI is InChI=1S/C15H13Cl2N/c16-13-7-3-5-10(15(13)17)8-14-12-6-2-1-4-11(12)9-18-14/h1-7,14,18H,8-9H2. The summed E-state index contributed by atoms with van der Waals surface area (Å²) < 4.78 is 0. The first-order valence-corrected chi connectivity index (χ1v) is 6.75. The van der Waals surface area contributed by atoms with Crippen molar-refractivity contribution in [3.8, 4) is 0 Å². The highest BCUT2D eigenvalue weighted by atomic mass is 35.5. The molecular weight excluding hydrogens is 265 g/mol. The van der Waals surface area contributed by atoms with Crippen LogP contribution in [0.4, 0.5) is 0 Å². The summed E-state index contributed by atoms with van der Waals surface area (Å²) in [5.74, 6) is 0. The van der Waals surface area contributed by atoms with Crippen LogP contribution in [0, 0.1) is 0 Å². The van der Waals surface area contributed by atoms with Crippen LogP contribution in [0.15, 0.2) is 42.5 Å². The highest BCUT2D eigenvalue weighted by Gasteiger charge is 2.22. The first-order chi connectivity index (χ1) is 8.75. The molecule has 1 unspecified atom stereocenters. The molecule has 1 N–H and O–H groups in total. The highest BCUT2D eigenvalue weighted by Crippen LogP contribution is 2.32. The van der Waals surface area contributed by atoms with Gasteiger partial charge >= 0.3 is 0 Å². The molecule has 3 heteroatoms. The van der Waals surface area contributed by atoms with Crippen LogP contribution in [-0.4, -0.2) is 0 Å². The average molecular weight is 278 g/mol. The van der Waals surface area contributed by atoms with Crippen molar-refractivity contribution in [2.75, 3.05) is 0 Å². The molecule has 1 aliphatic heterocycles. The van der Waals surface area contributed by atoms with E-state index in [4.69, 9.17) is 23.2 Å². The molecule has 3 rings (SSSR count). The Balaban J connectivity index is 1.89. The summed E-state index contributed by atoms with van der Waals surface area (Å²) in [5.41, 5.74) is 3.84. The van der Waals surface area contributed by atoms with Crippen LogP contribution in [0.25, 0.3) is 0 Å². The molecule has 1 atom stereocenters. The third-order valence-electron chi connectivity index (χ3n) is 3.43. The van der Waals surface area contributed by atoms with Crippen molar-refractivity contribution in [1.29, 1.82) is 0 Å². The van der Waals surface area contributed by atoms with E-state index in [1.54, 1.807) is 0 Å². The number of fused-ring (bicyclic) bond motifs is 1. The van der Waals surface area contributed by atoms with E-state index in [0.717, 1.165) is 18.5 Å². The molecule has 0 aromatic heterocycles. The lowest BCUT2D eigenvalue weighted by molar-refractivity contribution is 0.581. The summed E-state index contributed by atoms with van der Waals surface area (Å²) in [6.45, 7) is 0.930. The van der Waals surface area contributed by atoms with Gasteiger partial charge < -0.3 is 5.32 Å². The highest BCUT2D eigenvalue weighted by molar-refractivity contribution is 6.42. The van der Waals surface area contributed by atoms with Crippen molar-refractivity contribution in [2.24, 2.45) is 0 Å². The fourth-order valence-electron chi connectivity index (χ4n) is 2.49. The second-order valence-electron chi connectivity index (χ2n) is 4.55. The van der Waals surface area contributed by atoms with Gasteiger partial charge in [-0.15, -0.1) is 0 Å². The minimum absolute atomic E-state index is 0.331. The van der Waals surface area contributed by atoms with Crippen molar-refractivity contribution < 1.29 is 0 Å². The van der Waals surface area contributed by atoms with Crippen LogP contribution in [0.2, 0.25) is 10.0 Å². The molecule has 2 aromatic rings. The zero-order valence-corrected chi connectivity index (χ0v) is 11.3. The largest absolute Gasteiger partial charge is 0.306 e. The average Bonchev–Trinajstić information content (AvgIpc) is 2.79.